The monoisotopic (exact) mass is 737 g/mol. The fourth-order valence-corrected chi connectivity index (χ4v) is 8.70. The lowest BCUT2D eigenvalue weighted by Crippen LogP contribution is -2.56. The Balaban J connectivity index is 1.44. The van der Waals surface area contributed by atoms with E-state index in [1.54, 1.807) is 59.8 Å². The Kier molecular flexibility index (Phi) is 10.1. The van der Waals surface area contributed by atoms with E-state index in [4.69, 9.17) is 16.3 Å². The number of aromatic nitrogens is 4. The van der Waals surface area contributed by atoms with Crippen molar-refractivity contribution < 1.29 is 32.3 Å². The summed E-state index contributed by atoms with van der Waals surface area (Å²) in [5, 5.41) is 17.9. The topological polar surface area (TPSA) is 191 Å². The fourth-order valence-electron chi connectivity index (χ4n) is 6.37. The van der Waals surface area contributed by atoms with Crippen LogP contribution in [0.4, 0.5) is 4.79 Å². The average Bonchev–Trinajstić information content (AvgIpc) is 3.75. The zero-order valence-corrected chi connectivity index (χ0v) is 30.9. The van der Waals surface area contributed by atoms with E-state index in [1.807, 2.05) is 0 Å². The van der Waals surface area contributed by atoms with E-state index in [1.165, 1.54) is 16.1 Å². The van der Waals surface area contributed by atoms with E-state index in [2.05, 4.69) is 37.3 Å². The number of amides is 3. The van der Waals surface area contributed by atoms with Gasteiger partial charge in [-0.25, -0.2) is 13.2 Å². The van der Waals surface area contributed by atoms with Crippen LogP contribution in [0.1, 0.15) is 86.1 Å². The van der Waals surface area contributed by atoms with Gasteiger partial charge in [-0.15, -0.1) is 28.1 Å². The first-order chi connectivity index (χ1) is 22.7. The number of carbonyl (C=O) groups excluding carboxylic acids is 4. The number of Topliss-reactive ketones (excluding diaryl/α,β-unsaturated/α-hetero) is 1. The van der Waals surface area contributed by atoms with Crippen molar-refractivity contribution in [2.75, 3.05) is 0 Å². The Morgan fingerprint density at radius 3 is 2.39 bits per heavy atom. The molecule has 3 amide bonds. The highest BCUT2D eigenvalue weighted by Gasteiger charge is 2.62. The molecule has 14 nitrogen and oxygen atoms in total. The second kappa shape index (κ2) is 13.4. The molecule has 49 heavy (non-hydrogen) atoms. The van der Waals surface area contributed by atoms with Crippen LogP contribution in [0, 0.1) is 23.2 Å². The van der Waals surface area contributed by atoms with Gasteiger partial charge in [0.05, 0.1) is 26.5 Å². The molecule has 17 heteroatoms. The number of ether oxygens (including phenoxy) is 1. The highest BCUT2D eigenvalue weighted by molar-refractivity contribution is 7.91. The van der Waals surface area contributed by atoms with Crippen molar-refractivity contribution in [1.29, 1.82) is 0 Å². The van der Waals surface area contributed by atoms with Gasteiger partial charge in [0, 0.05) is 11.8 Å². The number of alkyl carbamates (subject to hydrolysis) is 1. The molecule has 0 radical (unpaired) electrons. The number of sulfonamides is 1. The zero-order chi connectivity index (χ0) is 36.1. The van der Waals surface area contributed by atoms with Crippen molar-refractivity contribution in [1.82, 2.24) is 35.6 Å². The van der Waals surface area contributed by atoms with Crippen LogP contribution in [0.25, 0.3) is 10.7 Å². The van der Waals surface area contributed by atoms with Crippen molar-refractivity contribution >= 4 is 56.7 Å². The number of hydrogen-bond acceptors (Lipinski definition) is 11. The quantitative estimate of drug-likeness (QED) is 0.266. The molecule has 0 spiro atoms. The third kappa shape index (κ3) is 8.34. The molecule has 6 atom stereocenters. The summed E-state index contributed by atoms with van der Waals surface area (Å²) in [6, 6.07) is 1.91. The first kappa shape index (κ1) is 36.9. The van der Waals surface area contributed by atoms with Crippen LogP contribution in [0.3, 0.4) is 0 Å². The number of nitrogens with zero attached hydrogens (tertiary/aromatic N) is 4. The van der Waals surface area contributed by atoms with Crippen LogP contribution in [-0.4, -0.2) is 74.7 Å². The number of tetrazole rings is 1. The van der Waals surface area contributed by atoms with E-state index < -0.39 is 73.7 Å². The summed E-state index contributed by atoms with van der Waals surface area (Å²) >= 11 is 7.38. The van der Waals surface area contributed by atoms with Gasteiger partial charge in [-0.2, -0.15) is 4.80 Å². The van der Waals surface area contributed by atoms with Crippen LogP contribution < -0.4 is 15.4 Å². The minimum atomic E-state index is -3.88. The molecule has 0 aromatic carbocycles. The summed E-state index contributed by atoms with van der Waals surface area (Å²) < 4.78 is 33.6. The number of carbonyl (C=O) groups is 4. The van der Waals surface area contributed by atoms with E-state index in [0.29, 0.717) is 34.3 Å². The maximum absolute atomic E-state index is 14.5. The molecule has 3 saturated carbocycles. The molecule has 2 aromatic rings. The van der Waals surface area contributed by atoms with Crippen LogP contribution in [0.15, 0.2) is 24.8 Å². The summed E-state index contributed by atoms with van der Waals surface area (Å²) in [4.78, 5) is 57.2. The summed E-state index contributed by atoms with van der Waals surface area (Å²) in [7, 11) is -3.88. The summed E-state index contributed by atoms with van der Waals surface area (Å²) in [6.07, 6.45) is 2.63. The minimum absolute atomic E-state index is 0.122. The van der Waals surface area contributed by atoms with Crippen molar-refractivity contribution in [2.45, 2.75) is 109 Å². The van der Waals surface area contributed by atoms with Gasteiger partial charge in [-0.05, 0) is 88.0 Å². The number of rotatable bonds is 12. The van der Waals surface area contributed by atoms with Gasteiger partial charge in [-0.3, -0.25) is 19.1 Å². The maximum Gasteiger partial charge on any atom is 0.408 e. The number of allylic oxidation sites excluding steroid dienone is 1. The zero-order valence-electron chi connectivity index (χ0n) is 28.5. The normalized spacial score (nSPS) is 26.0. The molecular formula is C32H44ClN7O7S2. The lowest BCUT2D eigenvalue weighted by molar-refractivity contribution is -0.137. The van der Waals surface area contributed by atoms with Crippen LogP contribution >= 0.6 is 22.9 Å². The largest absolute Gasteiger partial charge is 0.444 e. The van der Waals surface area contributed by atoms with Gasteiger partial charge in [0.1, 0.15) is 11.1 Å². The molecule has 3 aliphatic rings. The lowest BCUT2D eigenvalue weighted by Gasteiger charge is -2.34. The Morgan fingerprint density at radius 2 is 1.82 bits per heavy atom. The van der Waals surface area contributed by atoms with E-state index >= 15 is 0 Å². The fraction of sp³-hybridized carbons (Fsp3) is 0.656. The van der Waals surface area contributed by atoms with Crippen molar-refractivity contribution in [3.05, 3.63) is 29.1 Å². The van der Waals surface area contributed by atoms with Gasteiger partial charge in [0.15, 0.2) is 5.78 Å². The van der Waals surface area contributed by atoms with Gasteiger partial charge in [0.25, 0.3) is 5.91 Å². The smallest absolute Gasteiger partial charge is 0.408 e. The first-order valence-electron chi connectivity index (χ1n) is 16.3. The van der Waals surface area contributed by atoms with E-state index in [-0.39, 0.29) is 31.0 Å². The van der Waals surface area contributed by atoms with Crippen LogP contribution in [-0.2, 0) is 29.1 Å². The Morgan fingerprint density at radius 1 is 1.14 bits per heavy atom. The van der Waals surface area contributed by atoms with Gasteiger partial charge >= 0.3 is 6.09 Å². The molecule has 0 aliphatic heterocycles. The Hall–Kier alpha value is -3.37. The van der Waals surface area contributed by atoms with Gasteiger partial charge in [-0.1, -0.05) is 38.4 Å². The summed E-state index contributed by atoms with van der Waals surface area (Å²) in [6.45, 7) is 14.3. The number of ketones is 1. The molecular weight excluding hydrogens is 694 g/mol. The number of hydrogen-bond donors (Lipinski definition) is 3. The molecule has 0 bridgehead atoms. The van der Waals surface area contributed by atoms with E-state index in [9.17, 15) is 27.6 Å². The molecule has 3 fully saturated rings. The third-order valence-electron chi connectivity index (χ3n) is 9.11. The molecule has 3 aliphatic carbocycles. The molecule has 5 rings (SSSR count). The molecule has 268 valence electrons. The average molecular weight is 738 g/mol. The van der Waals surface area contributed by atoms with Crippen molar-refractivity contribution in [3.63, 3.8) is 0 Å². The predicted molar refractivity (Wildman–Crippen MR) is 183 cm³/mol. The first-order valence-corrected chi connectivity index (χ1v) is 19.1. The highest BCUT2D eigenvalue weighted by atomic mass is 35.5. The van der Waals surface area contributed by atoms with Crippen LogP contribution in [0.2, 0.25) is 4.34 Å². The van der Waals surface area contributed by atoms with Crippen LogP contribution in [0.5, 0.6) is 0 Å². The standard InChI is InChI=1S/C32H44ClN7O7S2/c1-8-9-17-16-32(17,28(43)38-49(45,46)19-10-11-19)35-27(42)21-15-18(40-37-26(36-39-40)22-12-13-23(33)48-22)14-20(21)24(41)25(30(2,3)4)34-29(44)47-31(5,6)7/h8,12-13,17-21,25H,1,9-11,14-16H2,2-7H3,(H,34,44)(H,35,42)(H,38,43)/t17-,18+,20?,21-,25?,32+/m1/s1. The number of thiophene rings is 1. The van der Waals surface area contributed by atoms with E-state index in [0.717, 1.165) is 0 Å². The number of halogens is 1. The Bertz CT molecular complexity index is 1740. The molecule has 2 heterocycles. The SMILES string of the molecule is C=CC[C@@H]1C[C@@]1(NC(=O)[C@@H]1C[C@@H](n2nnc(-c3ccc(Cl)s3)n2)CC1C(=O)C(NC(=O)OC(C)(C)C)C(C)(C)C)C(=O)NS(=O)(=O)C1CC1. The van der Waals surface area contributed by atoms with Crippen molar-refractivity contribution in [3.8, 4) is 10.7 Å². The van der Waals surface area contributed by atoms with Gasteiger partial charge in [0.2, 0.25) is 21.8 Å². The Labute approximate surface area is 295 Å². The second-order valence-corrected chi connectivity index (χ2v) is 19.0. The molecule has 3 N–H and O–H groups in total. The highest BCUT2D eigenvalue weighted by Crippen LogP contribution is 2.49. The summed E-state index contributed by atoms with van der Waals surface area (Å²) in [5.74, 6) is -3.70. The third-order valence-corrected chi connectivity index (χ3v) is 12.2. The minimum Gasteiger partial charge on any atom is -0.444 e. The lowest BCUT2D eigenvalue weighted by atomic mass is 9.77. The predicted octanol–water partition coefficient (Wildman–Crippen LogP) is 4.19. The second-order valence-electron chi connectivity index (χ2n) is 15.3. The maximum atomic E-state index is 14.5. The molecule has 2 unspecified atom stereocenters. The summed E-state index contributed by atoms with van der Waals surface area (Å²) in [5.41, 5.74) is -3.06. The van der Waals surface area contributed by atoms with Crippen molar-refractivity contribution in [2.24, 2.45) is 23.2 Å². The van der Waals surface area contributed by atoms with Gasteiger partial charge < -0.3 is 15.4 Å². The molecule has 2 aromatic heterocycles. The molecule has 0 saturated heterocycles. The number of nitrogens with one attached hydrogen (secondary N) is 3.